The number of carbonyl (C=O) groups is 2. The van der Waals surface area contributed by atoms with Crippen molar-refractivity contribution in [1.82, 2.24) is 10.2 Å². The van der Waals surface area contributed by atoms with E-state index < -0.39 is 36.6 Å². The zero-order chi connectivity index (χ0) is 16.8. The van der Waals surface area contributed by atoms with Gasteiger partial charge in [-0.25, -0.2) is 4.79 Å². The lowest BCUT2D eigenvalue weighted by Crippen LogP contribution is -2.48. The number of hydrogen-bond donors (Lipinski definition) is 2. The van der Waals surface area contributed by atoms with Gasteiger partial charge in [-0.2, -0.15) is 13.2 Å². The summed E-state index contributed by atoms with van der Waals surface area (Å²) in [5.41, 5.74) is 0.130. The lowest BCUT2D eigenvalue weighted by atomic mass is 9.65. The normalized spacial score (nSPS) is 30.0. The number of likely N-dealkylation sites (tertiary alicyclic amines) is 1. The van der Waals surface area contributed by atoms with E-state index in [1.807, 2.05) is 0 Å². The third-order valence-corrected chi connectivity index (χ3v) is 5.73. The van der Waals surface area contributed by atoms with Gasteiger partial charge in [0.1, 0.15) is 0 Å². The van der Waals surface area contributed by atoms with Gasteiger partial charge in [0.25, 0.3) is 0 Å². The summed E-state index contributed by atoms with van der Waals surface area (Å²) in [6.07, 6.45) is 0.962. The second-order valence-corrected chi connectivity index (χ2v) is 7.15. The van der Waals surface area contributed by atoms with Crippen LogP contribution in [0.1, 0.15) is 32.1 Å². The maximum atomic E-state index is 12.9. The monoisotopic (exact) mass is 334 g/mol. The molecule has 0 radical (unpaired) electrons. The van der Waals surface area contributed by atoms with E-state index in [4.69, 9.17) is 5.11 Å². The number of nitrogens with one attached hydrogen (secondary N) is 1. The number of nitrogens with zero attached hydrogens (tertiary/aromatic N) is 1. The molecule has 130 valence electrons. The van der Waals surface area contributed by atoms with Crippen molar-refractivity contribution in [2.45, 2.75) is 38.3 Å². The van der Waals surface area contributed by atoms with E-state index in [-0.39, 0.29) is 12.0 Å². The Bertz CT molecular complexity index is 501. The highest BCUT2D eigenvalue weighted by Gasteiger charge is 2.54. The van der Waals surface area contributed by atoms with Crippen LogP contribution in [0.5, 0.6) is 0 Å². The van der Waals surface area contributed by atoms with E-state index in [1.165, 1.54) is 0 Å². The molecular formula is C15H21F3N2O3. The zero-order valence-corrected chi connectivity index (χ0v) is 12.7. The molecule has 0 aromatic rings. The number of aliphatic carboxylic acids is 1. The van der Waals surface area contributed by atoms with Crippen LogP contribution in [0, 0.1) is 23.2 Å². The van der Waals surface area contributed by atoms with Crippen molar-refractivity contribution in [3.63, 3.8) is 0 Å². The third kappa shape index (κ3) is 3.12. The molecule has 2 aliphatic carbocycles. The topological polar surface area (TPSA) is 69.6 Å². The highest BCUT2D eigenvalue weighted by atomic mass is 19.4. The van der Waals surface area contributed by atoms with Gasteiger partial charge < -0.3 is 15.3 Å². The van der Waals surface area contributed by atoms with Crippen molar-refractivity contribution in [1.29, 1.82) is 0 Å². The summed E-state index contributed by atoms with van der Waals surface area (Å²) in [7, 11) is 0. The van der Waals surface area contributed by atoms with Crippen molar-refractivity contribution >= 4 is 12.0 Å². The van der Waals surface area contributed by atoms with Crippen LogP contribution in [0.3, 0.4) is 0 Å². The molecule has 0 spiro atoms. The Balaban J connectivity index is 1.58. The molecule has 3 aliphatic rings. The highest BCUT2D eigenvalue weighted by Crippen LogP contribution is 2.56. The van der Waals surface area contributed by atoms with Crippen LogP contribution < -0.4 is 5.32 Å². The summed E-state index contributed by atoms with van der Waals surface area (Å²) in [4.78, 5) is 24.2. The Morgan fingerprint density at radius 1 is 1.22 bits per heavy atom. The first-order valence-corrected chi connectivity index (χ1v) is 8.05. The molecule has 1 heterocycles. The average Bonchev–Trinajstić information content (AvgIpc) is 3.13. The number of carboxylic acid groups (broad SMARTS) is 1. The molecule has 3 fully saturated rings. The Kier molecular flexibility index (Phi) is 3.96. The highest BCUT2D eigenvalue weighted by molar-refractivity contribution is 5.77. The smallest absolute Gasteiger partial charge is 0.394 e. The SMILES string of the molecule is O=C(O)[C@@H]1CN(C(=O)NCC2(C3CC3)CCC2)C[C@H]1C(F)(F)F. The van der Waals surface area contributed by atoms with Gasteiger partial charge >= 0.3 is 18.2 Å². The quantitative estimate of drug-likeness (QED) is 0.830. The molecule has 1 aliphatic heterocycles. The van der Waals surface area contributed by atoms with Crippen LogP contribution in [0.25, 0.3) is 0 Å². The maximum Gasteiger partial charge on any atom is 0.394 e. The van der Waals surface area contributed by atoms with Crippen LogP contribution in [0.4, 0.5) is 18.0 Å². The summed E-state index contributed by atoms with van der Waals surface area (Å²) in [6.45, 7) is -0.480. The van der Waals surface area contributed by atoms with E-state index in [1.54, 1.807) is 0 Å². The van der Waals surface area contributed by atoms with E-state index >= 15 is 0 Å². The summed E-state index contributed by atoms with van der Waals surface area (Å²) in [6, 6.07) is -0.574. The van der Waals surface area contributed by atoms with Crippen molar-refractivity contribution in [3.05, 3.63) is 0 Å². The van der Waals surface area contributed by atoms with Gasteiger partial charge in [0.15, 0.2) is 0 Å². The maximum absolute atomic E-state index is 12.9. The number of alkyl halides is 3. The van der Waals surface area contributed by atoms with Crippen molar-refractivity contribution in [3.8, 4) is 0 Å². The second-order valence-electron chi connectivity index (χ2n) is 7.15. The minimum atomic E-state index is -4.61. The van der Waals surface area contributed by atoms with Gasteiger partial charge in [-0.15, -0.1) is 0 Å². The third-order valence-electron chi connectivity index (χ3n) is 5.73. The van der Waals surface area contributed by atoms with E-state index in [2.05, 4.69) is 5.32 Å². The zero-order valence-electron chi connectivity index (χ0n) is 12.7. The molecule has 1 saturated heterocycles. The lowest BCUT2D eigenvalue weighted by Gasteiger charge is -2.43. The minimum absolute atomic E-state index is 0.130. The first-order chi connectivity index (χ1) is 10.7. The van der Waals surface area contributed by atoms with Crippen LogP contribution in [0.15, 0.2) is 0 Å². The number of carboxylic acids is 1. The number of urea groups is 1. The molecule has 2 N–H and O–H groups in total. The van der Waals surface area contributed by atoms with Gasteiger partial charge in [0.05, 0.1) is 11.8 Å². The lowest BCUT2D eigenvalue weighted by molar-refractivity contribution is -0.187. The summed E-state index contributed by atoms with van der Waals surface area (Å²) in [5, 5.41) is 11.7. The van der Waals surface area contributed by atoms with Crippen LogP contribution in [0.2, 0.25) is 0 Å². The molecule has 2 amide bonds. The Hall–Kier alpha value is -1.47. The molecule has 5 nitrogen and oxygen atoms in total. The van der Waals surface area contributed by atoms with Crippen LogP contribution in [-0.4, -0.2) is 47.8 Å². The number of carbonyl (C=O) groups excluding carboxylic acids is 1. The van der Waals surface area contributed by atoms with E-state index in [0.717, 1.165) is 37.0 Å². The van der Waals surface area contributed by atoms with Gasteiger partial charge in [0.2, 0.25) is 0 Å². The van der Waals surface area contributed by atoms with Gasteiger partial charge in [-0.1, -0.05) is 6.42 Å². The fraction of sp³-hybridized carbons (Fsp3) is 0.867. The number of amides is 2. The number of hydrogen-bond acceptors (Lipinski definition) is 2. The van der Waals surface area contributed by atoms with Crippen molar-refractivity contribution < 1.29 is 27.9 Å². The fourth-order valence-corrected chi connectivity index (χ4v) is 3.97. The predicted molar refractivity (Wildman–Crippen MR) is 74.7 cm³/mol. The molecule has 0 aromatic heterocycles. The van der Waals surface area contributed by atoms with Crippen LogP contribution >= 0.6 is 0 Å². The summed E-state index contributed by atoms with van der Waals surface area (Å²) < 4.78 is 38.8. The van der Waals surface area contributed by atoms with Gasteiger partial charge in [-0.05, 0) is 37.0 Å². The molecule has 2 saturated carbocycles. The Morgan fingerprint density at radius 2 is 1.87 bits per heavy atom. The minimum Gasteiger partial charge on any atom is -0.481 e. The summed E-state index contributed by atoms with van der Waals surface area (Å²) >= 11 is 0. The Labute approximate surface area is 132 Å². The molecule has 0 unspecified atom stereocenters. The van der Waals surface area contributed by atoms with Gasteiger partial charge in [0, 0.05) is 19.6 Å². The van der Waals surface area contributed by atoms with Crippen molar-refractivity contribution in [2.75, 3.05) is 19.6 Å². The number of rotatable bonds is 4. The number of halogens is 3. The molecule has 23 heavy (non-hydrogen) atoms. The standard InChI is InChI=1S/C15H21F3N2O3/c16-15(17,18)11-7-20(6-10(11)12(21)22)13(23)19-8-14(4-1-5-14)9-2-3-9/h9-11H,1-8H2,(H,19,23)(H,21,22)/t10-,11-/m1/s1. The fourth-order valence-electron chi connectivity index (χ4n) is 3.97. The van der Waals surface area contributed by atoms with Crippen molar-refractivity contribution in [2.24, 2.45) is 23.2 Å². The first-order valence-electron chi connectivity index (χ1n) is 8.05. The summed E-state index contributed by atoms with van der Waals surface area (Å²) in [5.74, 6) is -4.45. The molecule has 0 bridgehead atoms. The molecule has 2 atom stereocenters. The largest absolute Gasteiger partial charge is 0.481 e. The average molecular weight is 334 g/mol. The molecule has 3 rings (SSSR count). The Morgan fingerprint density at radius 3 is 2.26 bits per heavy atom. The second kappa shape index (κ2) is 5.56. The van der Waals surface area contributed by atoms with Gasteiger partial charge in [-0.3, -0.25) is 4.79 Å². The van der Waals surface area contributed by atoms with E-state index in [0.29, 0.717) is 12.5 Å². The van der Waals surface area contributed by atoms with E-state index in [9.17, 15) is 22.8 Å². The van der Waals surface area contributed by atoms with Crippen LogP contribution in [-0.2, 0) is 4.79 Å². The first kappa shape index (κ1) is 16.4. The molecular weight excluding hydrogens is 313 g/mol. The molecule has 8 heteroatoms. The molecule has 0 aromatic carbocycles. The predicted octanol–water partition coefficient (Wildman–Crippen LogP) is 2.47.